The van der Waals surface area contributed by atoms with E-state index in [0.29, 0.717) is 25.2 Å². The lowest BCUT2D eigenvalue weighted by molar-refractivity contribution is 0.0577. The van der Waals surface area contributed by atoms with Gasteiger partial charge in [-0.1, -0.05) is 0 Å². The van der Waals surface area contributed by atoms with E-state index in [9.17, 15) is 9.59 Å². The van der Waals surface area contributed by atoms with E-state index in [1.54, 1.807) is 17.2 Å². The van der Waals surface area contributed by atoms with Crippen LogP contribution in [-0.4, -0.2) is 28.5 Å². The Bertz CT molecular complexity index is 535. The maximum Gasteiger partial charge on any atom is 0.254 e. The normalized spacial score (nSPS) is 15.2. The van der Waals surface area contributed by atoms with Crippen LogP contribution in [0.15, 0.2) is 23.1 Å². The first-order chi connectivity index (χ1) is 8.15. The van der Waals surface area contributed by atoms with Crippen molar-refractivity contribution in [2.24, 2.45) is 5.92 Å². The molecule has 0 saturated carbocycles. The van der Waals surface area contributed by atoms with E-state index in [0.717, 1.165) is 0 Å². The minimum Gasteiger partial charge on any atom is -0.336 e. The third kappa shape index (κ3) is 2.07. The molecule has 1 aromatic rings. The van der Waals surface area contributed by atoms with Crippen molar-refractivity contribution in [3.63, 3.8) is 0 Å². The van der Waals surface area contributed by atoms with Crippen molar-refractivity contribution in [2.75, 3.05) is 13.1 Å². The topological polar surface area (TPSA) is 66.1 Å². The second-order valence-corrected chi connectivity index (χ2v) is 4.08. The molecular formula is C12H13N3O2. The molecule has 0 unspecified atom stereocenters. The number of carbonyl (C=O) groups is 1. The van der Waals surface area contributed by atoms with Crippen molar-refractivity contribution < 1.29 is 4.79 Å². The molecule has 2 rings (SSSR count). The van der Waals surface area contributed by atoms with Crippen LogP contribution in [0.1, 0.15) is 17.3 Å². The standard InChI is InChI=1S/C12H13N3O2/c1-2-14-4-3-10(5-11(14)16)12(17)15-7-9(6-13)8-15/h3-5,9H,2,7-8H2,1H3. The number of aryl methyl sites for hydroxylation is 1. The number of hydrogen-bond donors (Lipinski definition) is 0. The van der Waals surface area contributed by atoms with Crippen molar-refractivity contribution in [1.29, 1.82) is 5.26 Å². The van der Waals surface area contributed by atoms with Crippen LogP contribution in [0.3, 0.4) is 0 Å². The summed E-state index contributed by atoms with van der Waals surface area (Å²) in [6.07, 6.45) is 1.62. The van der Waals surface area contributed by atoms with Gasteiger partial charge in [0.25, 0.3) is 11.5 Å². The highest BCUT2D eigenvalue weighted by molar-refractivity contribution is 5.94. The molecule has 1 aliphatic rings. The van der Waals surface area contributed by atoms with Crippen molar-refractivity contribution in [3.05, 3.63) is 34.2 Å². The SMILES string of the molecule is CCn1ccc(C(=O)N2CC(C#N)C2)cc1=O. The summed E-state index contributed by atoms with van der Waals surface area (Å²) < 4.78 is 1.53. The summed E-state index contributed by atoms with van der Waals surface area (Å²) in [5.41, 5.74) is 0.229. The zero-order chi connectivity index (χ0) is 12.4. The summed E-state index contributed by atoms with van der Waals surface area (Å²) in [7, 11) is 0. The van der Waals surface area contributed by atoms with Gasteiger partial charge in [-0.25, -0.2) is 0 Å². The molecule has 1 amide bonds. The largest absolute Gasteiger partial charge is 0.336 e. The quantitative estimate of drug-likeness (QED) is 0.742. The maximum atomic E-state index is 11.9. The Hall–Kier alpha value is -2.09. The van der Waals surface area contributed by atoms with Gasteiger partial charge >= 0.3 is 0 Å². The number of carbonyl (C=O) groups excluding carboxylic acids is 1. The maximum absolute atomic E-state index is 11.9. The molecule has 5 nitrogen and oxygen atoms in total. The van der Waals surface area contributed by atoms with E-state index in [-0.39, 0.29) is 17.4 Å². The van der Waals surface area contributed by atoms with Crippen LogP contribution in [0.5, 0.6) is 0 Å². The van der Waals surface area contributed by atoms with Crippen molar-refractivity contribution >= 4 is 5.91 Å². The predicted octanol–water partition coefficient (Wildman–Crippen LogP) is 0.464. The van der Waals surface area contributed by atoms with Gasteiger partial charge in [-0.3, -0.25) is 9.59 Å². The predicted molar refractivity (Wildman–Crippen MR) is 61.4 cm³/mol. The second-order valence-electron chi connectivity index (χ2n) is 4.08. The molecule has 88 valence electrons. The van der Waals surface area contributed by atoms with Gasteiger partial charge in [0.1, 0.15) is 0 Å². The molecule has 1 aliphatic heterocycles. The molecule has 0 aliphatic carbocycles. The minimum absolute atomic E-state index is 0.0602. The van der Waals surface area contributed by atoms with E-state index < -0.39 is 0 Å². The number of nitriles is 1. The fourth-order valence-corrected chi connectivity index (χ4v) is 1.81. The first-order valence-corrected chi connectivity index (χ1v) is 5.55. The number of rotatable bonds is 2. The number of pyridine rings is 1. The fourth-order valence-electron chi connectivity index (χ4n) is 1.81. The van der Waals surface area contributed by atoms with E-state index in [2.05, 4.69) is 6.07 Å². The summed E-state index contributed by atoms with van der Waals surface area (Å²) in [4.78, 5) is 25.1. The highest BCUT2D eigenvalue weighted by atomic mass is 16.2. The van der Waals surface area contributed by atoms with Crippen LogP contribution < -0.4 is 5.56 Å². The zero-order valence-corrected chi connectivity index (χ0v) is 9.59. The molecular weight excluding hydrogens is 218 g/mol. The van der Waals surface area contributed by atoms with Crippen molar-refractivity contribution in [2.45, 2.75) is 13.5 Å². The summed E-state index contributed by atoms with van der Waals surface area (Å²) >= 11 is 0. The van der Waals surface area contributed by atoms with Crippen molar-refractivity contribution in [1.82, 2.24) is 9.47 Å². The molecule has 5 heteroatoms. The molecule has 1 aromatic heterocycles. The average molecular weight is 231 g/mol. The molecule has 1 saturated heterocycles. The van der Waals surface area contributed by atoms with Gasteiger partial charge < -0.3 is 9.47 Å². The monoisotopic (exact) mass is 231 g/mol. The zero-order valence-electron chi connectivity index (χ0n) is 9.59. The number of hydrogen-bond acceptors (Lipinski definition) is 3. The molecule has 1 fully saturated rings. The van der Waals surface area contributed by atoms with Gasteiger partial charge in [-0.2, -0.15) is 5.26 Å². The van der Waals surface area contributed by atoms with Crippen LogP contribution in [-0.2, 0) is 6.54 Å². The van der Waals surface area contributed by atoms with Gasteiger partial charge in [0.15, 0.2) is 0 Å². The van der Waals surface area contributed by atoms with E-state index in [4.69, 9.17) is 5.26 Å². The summed E-state index contributed by atoms with van der Waals surface area (Å²) in [5, 5.41) is 8.63. The number of nitrogens with zero attached hydrogens (tertiary/aromatic N) is 3. The Kier molecular flexibility index (Phi) is 2.96. The first-order valence-electron chi connectivity index (χ1n) is 5.55. The number of likely N-dealkylation sites (tertiary alicyclic amines) is 1. The molecule has 0 atom stereocenters. The molecule has 0 aromatic carbocycles. The third-order valence-corrected chi connectivity index (χ3v) is 2.94. The van der Waals surface area contributed by atoms with Crippen LogP contribution in [0.2, 0.25) is 0 Å². The highest BCUT2D eigenvalue weighted by Crippen LogP contribution is 2.16. The smallest absolute Gasteiger partial charge is 0.254 e. The van der Waals surface area contributed by atoms with Crippen molar-refractivity contribution in [3.8, 4) is 6.07 Å². The second kappa shape index (κ2) is 4.42. The Labute approximate surface area is 98.9 Å². The Morgan fingerprint density at radius 2 is 2.29 bits per heavy atom. The van der Waals surface area contributed by atoms with Crippen LogP contribution in [0.4, 0.5) is 0 Å². The lowest BCUT2D eigenvalue weighted by Crippen LogP contribution is -2.49. The molecule has 0 bridgehead atoms. The Morgan fingerprint density at radius 1 is 1.59 bits per heavy atom. The summed E-state index contributed by atoms with van der Waals surface area (Å²) in [5.74, 6) is -0.230. The third-order valence-electron chi connectivity index (χ3n) is 2.94. The molecule has 2 heterocycles. The number of amides is 1. The fraction of sp³-hybridized carbons (Fsp3) is 0.417. The van der Waals surface area contributed by atoms with Gasteiger partial charge in [-0.05, 0) is 13.0 Å². The van der Waals surface area contributed by atoms with E-state index >= 15 is 0 Å². The number of aromatic nitrogens is 1. The van der Waals surface area contributed by atoms with Gasteiger partial charge in [0.05, 0.1) is 12.0 Å². The van der Waals surface area contributed by atoms with Crippen LogP contribution in [0, 0.1) is 17.2 Å². The van der Waals surface area contributed by atoms with Gasteiger partial charge in [-0.15, -0.1) is 0 Å². The Morgan fingerprint density at radius 3 is 2.82 bits per heavy atom. The highest BCUT2D eigenvalue weighted by Gasteiger charge is 2.31. The summed E-state index contributed by atoms with van der Waals surface area (Å²) in [6, 6.07) is 5.11. The van der Waals surface area contributed by atoms with Crippen LogP contribution >= 0.6 is 0 Å². The lowest BCUT2D eigenvalue weighted by Gasteiger charge is -2.35. The van der Waals surface area contributed by atoms with E-state index in [1.807, 2.05) is 6.92 Å². The average Bonchev–Trinajstić information content (AvgIpc) is 2.27. The van der Waals surface area contributed by atoms with Gasteiger partial charge in [0.2, 0.25) is 0 Å². The Balaban J connectivity index is 2.14. The van der Waals surface area contributed by atoms with Gasteiger partial charge in [0, 0.05) is 37.5 Å². The molecule has 0 spiro atoms. The minimum atomic E-state index is -0.171. The first kappa shape index (κ1) is 11.4. The molecule has 0 radical (unpaired) electrons. The summed E-state index contributed by atoms with van der Waals surface area (Å²) in [6.45, 7) is 3.39. The lowest BCUT2D eigenvalue weighted by atomic mass is 10.0. The molecule has 0 N–H and O–H groups in total. The molecule has 17 heavy (non-hydrogen) atoms. The van der Waals surface area contributed by atoms with Crippen LogP contribution in [0.25, 0.3) is 0 Å². The van der Waals surface area contributed by atoms with E-state index in [1.165, 1.54) is 10.6 Å².